The molecule has 0 aliphatic rings. The van der Waals surface area contributed by atoms with Crippen LogP contribution in [0.5, 0.6) is 5.75 Å². The number of ether oxygens (including phenoxy) is 1. The lowest BCUT2D eigenvalue weighted by Crippen LogP contribution is -2.15. The molecule has 0 bridgehead atoms. The molecule has 0 saturated carbocycles. The van der Waals surface area contributed by atoms with Gasteiger partial charge >= 0.3 is 0 Å². The van der Waals surface area contributed by atoms with Gasteiger partial charge in [0.2, 0.25) is 5.91 Å². The molecule has 1 amide bonds. The third kappa shape index (κ3) is 6.47. The molecular formula is C28H28Cl2N4O2S. The van der Waals surface area contributed by atoms with Crippen LogP contribution in [0.15, 0.2) is 71.9 Å². The van der Waals surface area contributed by atoms with Crippen molar-refractivity contribution in [1.29, 1.82) is 0 Å². The number of aromatic nitrogens is 3. The van der Waals surface area contributed by atoms with E-state index in [0.717, 1.165) is 17.0 Å². The van der Waals surface area contributed by atoms with Crippen LogP contribution < -0.4 is 10.1 Å². The second-order valence-corrected chi connectivity index (χ2v) is 11.1. The quantitative estimate of drug-likeness (QED) is 0.226. The number of halogens is 2. The van der Waals surface area contributed by atoms with Crippen molar-refractivity contribution in [2.45, 2.75) is 38.3 Å². The number of anilines is 1. The molecular weight excluding hydrogens is 527 g/mol. The maximum atomic E-state index is 12.7. The molecule has 0 atom stereocenters. The van der Waals surface area contributed by atoms with E-state index in [1.54, 1.807) is 18.2 Å². The second-order valence-electron chi connectivity index (χ2n) is 9.33. The number of benzene rings is 3. The van der Waals surface area contributed by atoms with Gasteiger partial charge in [-0.3, -0.25) is 9.36 Å². The first-order valence-corrected chi connectivity index (χ1v) is 13.6. The summed E-state index contributed by atoms with van der Waals surface area (Å²) in [6, 6.07) is 21.1. The van der Waals surface area contributed by atoms with Crippen LogP contribution in [0.2, 0.25) is 10.0 Å². The molecule has 4 aromatic rings. The van der Waals surface area contributed by atoms with Gasteiger partial charge < -0.3 is 10.1 Å². The number of rotatable bonds is 8. The third-order valence-electron chi connectivity index (χ3n) is 5.61. The maximum absolute atomic E-state index is 12.7. The Labute approximate surface area is 231 Å². The van der Waals surface area contributed by atoms with Gasteiger partial charge in [-0.1, -0.05) is 86.1 Å². The molecule has 1 N–H and O–H groups in total. The van der Waals surface area contributed by atoms with E-state index in [2.05, 4.69) is 60.6 Å². The highest BCUT2D eigenvalue weighted by Gasteiger charge is 2.20. The molecule has 4 rings (SSSR count). The molecule has 37 heavy (non-hydrogen) atoms. The number of nitrogens with one attached hydrogen (secondary N) is 1. The van der Waals surface area contributed by atoms with Gasteiger partial charge in [-0.05, 0) is 54.3 Å². The average Bonchev–Trinajstić information content (AvgIpc) is 3.29. The standard InChI is InChI=1S/C28H28Cl2N4O2S/c1-5-36-21-15-13-20(14-16-21)34-26(18-9-11-19(12-10-18)28(2,3)4)32-33-27(34)37-17-24(35)31-25-22(29)7-6-8-23(25)30/h6-16H,5,17H2,1-4H3,(H,31,35). The molecule has 6 nitrogen and oxygen atoms in total. The summed E-state index contributed by atoms with van der Waals surface area (Å²) in [4.78, 5) is 12.7. The summed E-state index contributed by atoms with van der Waals surface area (Å²) in [5, 5.41) is 13.0. The molecule has 3 aromatic carbocycles. The minimum Gasteiger partial charge on any atom is -0.494 e. The smallest absolute Gasteiger partial charge is 0.234 e. The number of hydrogen-bond donors (Lipinski definition) is 1. The Morgan fingerprint density at radius 2 is 1.62 bits per heavy atom. The van der Waals surface area contributed by atoms with E-state index in [9.17, 15) is 4.79 Å². The summed E-state index contributed by atoms with van der Waals surface area (Å²) in [5.74, 6) is 1.30. The zero-order valence-corrected chi connectivity index (χ0v) is 23.4. The maximum Gasteiger partial charge on any atom is 0.234 e. The summed E-state index contributed by atoms with van der Waals surface area (Å²) in [5.41, 5.74) is 3.45. The molecule has 192 valence electrons. The summed E-state index contributed by atoms with van der Waals surface area (Å²) in [7, 11) is 0. The first-order chi connectivity index (χ1) is 17.7. The Kier molecular flexibility index (Phi) is 8.47. The van der Waals surface area contributed by atoms with Crippen molar-refractivity contribution in [3.63, 3.8) is 0 Å². The first kappa shape index (κ1) is 27.0. The van der Waals surface area contributed by atoms with Crippen LogP contribution in [-0.4, -0.2) is 33.0 Å². The third-order valence-corrected chi connectivity index (χ3v) is 7.17. The van der Waals surface area contributed by atoms with Gasteiger partial charge in [0.05, 0.1) is 28.1 Å². The molecule has 1 heterocycles. The van der Waals surface area contributed by atoms with Crippen LogP contribution in [0.4, 0.5) is 5.69 Å². The largest absolute Gasteiger partial charge is 0.494 e. The van der Waals surface area contributed by atoms with Crippen LogP contribution >= 0.6 is 35.0 Å². The number of nitrogens with zero attached hydrogens (tertiary/aromatic N) is 3. The fourth-order valence-corrected chi connectivity index (χ4v) is 4.93. The zero-order valence-electron chi connectivity index (χ0n) is 21.1. The number of carbonyl (C=O) groups is 1. The van der Waals surface area contributed by atoms with Crippen LogP contribution in [0, 0.1) is 0 Å². The van der Waals surface area contributed by atoms with Crippen LogP contribution in [-0.2, 0) is 10.2 Å². The molecule has 0 fully saturated rings. The number of para-hydroxylation sites is 1. The van der Waals surface area contributed by atoms with Crippen molar-refractivity contribution in [1.82, 2.24) is 14.8 Å². The van der Waals surface area contributed by atoms with Crippen molar-refractivity contribution >= 4 is 46.6 Å². The molecule has 0 aliphatic carbocycles. The molecule has 0 radical (unpaired) electrons. The van der Waals surface area contributed by atoms with E-state index in [4.69, 9.17) is 27.9 Å². The van der Waals surface area contributed by atoms with Crippen molar-refractivity contribution in [3.8, 4) is 22.8 Å². The number of carbonyl (C=O) groups excluding carboxylic acids is 1. The predicted molar refractivity (Wildman–Crippen MR) is 152 cm³/mol. The fourth-order valence-electron chi connectivity index (χ4n) is 3.68. The van der Waals surface area contributed by atoms with Gasteiger partial charge in [-0.2, -0.15) is 0 Å². The van der Waals surface area contributed by atoms with Gasteiger partial charge in [0, 0.05) is 11.3 Å². The summed E-state index contributed by atoms with van der Waals surface area (Å²) in [6.07, 6.45) is 0. The van der Waals surface area contributed by atoms with Crippen LogP contribution in [0.3, 0.4) is 0 Å². The molecule has 0 saturated heterocycles. The predicted octanol–water partition coefficient (Wildman–Crippen LogP) is 7.67. The van der Waals surface area contributed by atoms with Gasteiger partial charge in [0.15, 0.2) is 11.0 Å². The molecule has 0 aliphatic heterocycles. The first-order valence-electron chi connectivity index (χ1n) is 11.8. The summed E-state index contributed by atoms with van der Waals surface area (Å²) < 4.78 is 7.55. The minimum absolute atomic E-state index is 0.0419. The van der Waals surface area contributed by atoms with Crippen LogP contribution in [0.25, 0.3) is 17.1 Å². The van der Waals surface area contributed by atoms with E-state index in [1.165, 1.54) is 17.3 Å². The zero-order chi connectivity index (χ0) is 26.6. The Balaban J connectivity index is 1.64. The highest BCUT2D eigenvalue weighted by molar-refractivity contribution is 7.99. The van der Waals surface area contributed by atoms with Gasteiger partial charge in [0.25, 0.3) is 0 Å². The highest BCUT2D eigenvalue weighted by Crippen LogP contribution is 2.32. The normalized spacial score (nSPS) is 11.4. The highest BCUT2D eigenvalue weighted by atomic mass is 35.5. The van der Waals surface area contributed by atoms with E-state index in [1.807, 2.05) is 35.8 Å². The van der Waals surface area contributed by atoms with Crippen molar-refractivity contribution in [2.24, 2.45) is 0 Å². The molecule has 0 spiro atoms. The molecule has 9 heteroatoms. The Bertz CT molecular complexity index is 1360. The van der Waals surface area contributed by atoms with Gasteiger partial charge in [-0.15, -0.1) is 10.2 Å². The Morgan fingerprint density at radius 1 is 0.973 bits per heavy atom. The fraction of sp³-hybridized carbons (Fsp3) is 0.250. The SMILES string of the molecule is CCOc1ccc(-n2c(SCC(=O)Nc3c(Cl)cccc3Cl)nnc2-c2ccc(C(C)(C)C)cc2)cc1. The second kappa shape index (κ2) is 11.6. The van der Waals surface area contributed by atoms with Crippen molar-refractivity contribution in [3.05, 3.63) is 82.3 Å². The van der Waals surface area contributed by atoms with Gasteiger partial charge in [0.1, 0.15) is 5.75 Å². The van der Waals surface area contributed by atoms with E-state index < -0.39 is 0 Å². The lowest BCUT2D eigenvalue weighted by molar-refractivity contribution is -0.113. The van der Waals surface area contributed by atoms with Gasteiger partial charge in [-0.25, -0.2) is 0 Å². The number of amides is 1. The van der Waals surface area contributed by atoms with Crippen LogP contribution in [0.1, 0.15) is 33.3 Å². The lowest BCUT2D eigenvalue weighted by Gasteiger charge is -2.19. The van der Waals surface area contributed by atoms with E-state index >= 15 is 0 Å². The summed E-state index contributed by atoms with van der Waals surface area (Å²) in [6.45, 7) is 9.08. The Morgan fingerprint density at radius 3 is 2.22 bits per heavy atom. The summed E-state index contributed by atoms with van der Waals surface area (Å²) >= 11 is 13.7. The minimum atomic E-state index is -0.252. The Hall–Kier alpha value is -3.00. The van der Waals surface area contributed by atoms with E-state index in [0.29, 0.717) is 33.3 Å². The topological polar surface area (TPSA) is 69.0 Å². The number of hydrogen-bond acceptors (Lipinski definition) is 5. The molecule has 1 aromatic heterocycles. The van der Waals surface area contributed by atoms with E-state index in [-0.39, 0.29) is 17.1 Å². The van der Waals surface area contributed by atoms with Crippen molar-refractivity contribution < 1.29 is 9.53 Å². The monoisotopic (exact) mass is 554 g/mol. The lowest BCUT2D eigenvalue weighted by atomic mass is 9.87. The average molecular weight is 556 g/mol. The van der Waals surface area contributed by atoms with Crippen molar-refractivity contribution in [2.75, 3.05) is 17.7 Å². The number of thioether (sulfide) groups is 1. The molecule has 0 unspecified atom stereocenters.